The number of carbonyl (C=O) groups is 2. The van der Waals surface area contributed by atoms with Gasteiger partial charge in [-0.1, -0.05) is 129 Å². The Morgan fingerprint density at radius 2 is 1.19 bits per heavy atom. The Morgan fingerprint density at radius 3 is 1.62 bits per heavy atom. The molecule has 1 saturated heterocycles. The maximum absolute atomic E-state index is 12.9. The third-order valence-corrected chi connectivity index (χ3v) is 9.28. The number of aliphatic hydroxyl groups excluding tert-OH is 4. The molecule has 0 aromatic carbocycles. The predicted molar refractivity (Wildman–Crippen MR) is 182 cm³/mol. The summed E-state index contributed by atoms with van der Waals surface area (Å²) in [6, 6.07) is -1.60. The maximum atomic E-state index is 12.9. The van der Waals surface area contributed by atoms with Gasteiger partial charge < -0.3 is 45.0 Å². The molecule has 1 rings (SSSR count). The van der Waals surface area contributed by atoms with Crippen LogP contribution in [0.5, 0.6) is 0 Å². The molecule has 1 aliphatic heterocycles. The number of hydrogen-bond donors (Lipinski definition) is 7. The van der Waals surface area contributed by atoms with E-state index in [0.29, 0.717) is 19.3 Å². The van der Waals surface area contributed by atoms with E-state index < -0.39 is 75.6 Å². The van der Waals surface area contributed by atoms with E-state index in [1.807, 2.05) is 0 Å². The predicted octanol–water partition coefficient (Wildman–Crippen LogP) is 4.91. The highest BCUT2D eigenvalue weighted by Crippen LogP contribution is 2.41. The van der Waals surface area contributed by atoms with Crippen LogP contribution in [0.3, 0.4) is 0 Å². The number of unbranched alkanes of at least 4 members (excludes halogenated alkanes) is 16. The number of esters is 1. The highest BCUT2D eigenvalue weighted by molar-refractivity contribution is 7.46. The molecule has 1 heterocycles. The van der Waals surface area contributed by atoms with Crippen LogP contribution in [0.1, 0.15) is 155 Å². The average molecular weight is 712 g/mol. The van der Waals surface area contributed by atoms with E-state index in [-0.39, 0.29) is 6.42 Å². The third-order valence-electron chi connectivity index (χ3n) is 8.80. The summed E-state index contributed by atoms with van der Waals surface area (Å²) >= 11 is 0. The number of rotatable bonds is 29. The van der Waals surface area contributed by atoms with Crippen LogP contribution in [0.4, 0.5) is 0 Å². The van der Waals surface area contributed by atoms with Gasteiger partial charge in [-0.3, -0.25) is 14.1 Å². The molecule has 0 aromatic heterocycles. The van der Waals surface area contributed by atoms with Gasteiger partial charge in [-0.2, -0.15) is 0 Å². The van der Waals surface area contributed by atoms with E-state index in [1.54, 1.807) is 0 Å². The quantitative estimate of drug-likeness (QED) is 0.0313. The van der Waals surface area contributed by atoms with Gasteiger partial charge in [0, 0.05) is 0 Å². The van der Waals surface area contributed by atoms with Crippen molar-refractivity contribution in [3.8, 4) is 0 Å². The molecule has 1 aliphatic rings. The molecule has 0 aliphatic carbocycles. The lowest BCUT2D eigenvalue weighted by atomic mass is 9.96. The van der Waals surface area contributed by atoms with Crippen LogP contribution in [-0.4, -0.2) is 91.5 Å². The second-order valence-corrected chi connectivity index (χ2v) is 14.5. The first-order valence-corrected chi connectivity index (χ1v) is 20.0. The monoisotopic (exact) mass is 711 g/mol. The Hall–Kier alpha value is -1.15. The Labute approximate surface area is 287 Å². The van der Waals surface area contributed by atoms with Gasteiger partial charge in [0.1, 0.15) is 18.2 Å². The van der Waals surface area contributed by atoms with Crippen molar-refractivity contribution < 1.29 is 58.4 Å². The van der Waals surface area contributed by atoms with Gasteiger partial charge in [0.2, 0.25) is 5.91 Å². The van der Waals surface area contributed by atoms with Gasteiger partial charge in [-0.05, 0) is 12.8 Å². The summed E-state index contributed by atoms with van der Waals surface area (Å²) < 4.78 is 27.2. The first kappa shape index (κ1) is 44.9. The Balaban J connectivity index is 2.70. The van der Waals surface area contributed by atoms with Crippen LogP contribution in [0.2, 0.25) is 0 Å². The van der Waals surface area contributed by atoms with Crippen LogP contribution in [0.15, 0.2) is 0 Å². The summed E-state index contributed by atoms with van der Waals surface area (Å²) in [5, 5.41) is 43.9. The molecule has 1 fully saturated rings. The minimum Gasteiger partial charge on any atom is -0.457 e. The van der Waals surface area contributed by atoms with Crippen molar-refractivity contribution in [1.29, 1.82) is 0 Å². The van der Waals surface area contributed by atoms with E-state index in [9.17, 15) is 44.4 Å². The van der Waals surface area contributed by atoms with Gasteiger partial charge >= 0.3 is 13.8 Å². The molecule has 0 aromatic rings. The number of ether oxygens (including phenoxy) is 2. The van der Waals surface area contributed by atoms with Crippen molar-refractivity contribution in [2.75, 3.05) is 6.61 Å². The minimum absolute atomic E-state index is 0.353. The maximum Gasteiger partial charge on any atom is 0.472 e. The lowest BCUT2D eigenvalue weighted by Gasteiger charge is -2.43. The third kappa shape index (κ3) is 21.2. The fourth-order valence-corrected chi connectivity index (χ4v) is 6.47. The lowest BCUT2D eigenvalue weighted by molar-refractivity contribution is -0.254. The molecule has 1 amide bonds. The Morgan fingerprint density at radius 1 is 0.750 bits per heavy atom. The van der Waals surface area contributed by atoms with E-state index in [4.69, 9.17) is 14.0 Å². The molecule has 7 atom stereocenters. The number of aliphatic hydroxyl groups is 4. The topological polar surface area (TPSA) is 212 Å². The summed E-state index contributed by atoms with van der Waals surface area (Å²) in [5.74, 6) is -1.66. The van der Waals surface area contributed by atoms with Crippen LogP contribution in [-0.2, 0) is 28.2 Å². The summed E-state index contributed by atoms with van der Waals surface area (Å²) in [5.41, 5.74) is 0. The summed E-state index contributed by atoms with van der Waals surface area (Å²) in [6.45, 7) is 3.55. The first-order chi connectivity index (χ1) is 22.9. The number of amides is 1. The number of phosphoric ester groups is 1. The zero-order chi connectivity index (χ0) is 35.8. The molecule has 14 heteroatoms. The molecule has 7 N–H and O–H groups in total. The highest BCUT2D eigenvalue weighted by atomic mass is 31.2. The molecule has 0 bridgehead atoms. The lowest BCUT2D eigenvalue weighted by Crippen LogP contribution is -2.65. The number of hydrogen-bond acceptors (Lipinski definition) is 10. The normalized spacial score (nSPS) is 22.7. The molecule has 0 spiro atoms. The number of carbonyl (C=O) groups excluding carboxylic acids is 2. The van der Waals surface area contributed by atoms with Gasteiger partial charge in [0.15, 0.2) is 12.4 Å². The van der Waals surface area contributed by atoms with Crippen molar-refractivity contribution in [3.05, 3.63) is 0 Å². The van der Waals surface area contributed by atoms with E-state index in [0.717, 1.165) is 44.9 Å². The fourth-order valence-electron chi connectivity index (χ4n) is 6.02. The van der Waals surface area contributed by atoms with Gasteiger partial charge in [-0.15, -0.1) is 0 Å². The van der Waals surface area contributed by atoms with E-state index in [1.165, 1.54) is 64.2 Å². The second-order valence-electron chi connectivity index (χ2n) is 13.3. The SMILES string of the molecule is CCCCCCCCCCC[C@@H](O)CC(=O)N[C@H]1C(OC(=O)C[C@H](O)CCCCCCCCCCC)[C@H](O)C(CO)O[C@@H]1OP(=O)(O)O. The second kappa shape index (κ2) is 26.6. The Kier molecular flexibility index (Phi) is 24.9. The molecule has 284 valence electrons. The molecule has 48 heavy (non-hydrogen) atoms. The van der Waals surface area contributed by atoms with Crippen LogP contribution in [0, 0.1) is 0 Å². The molecule has 0 radical (unpaired) electrons. The molecule has 2 unspecified atom stereocenters. The van der Waals surface area contributed by atoms with Crippen molar-refractivity contribution in [2.45, 2.75) is 198 Å². The summed E-state index contributed by atoms with van der Waals surface area (Å²) in [6.07, 6.45) is 11.0. The zero-order valence-electron chi connectivity index (χ0n) is 29.4. The largest absolute Gasteiger partial charge is 0.472 e. The fraction of sp³-hybridized carbons (Fsp3) is 0.941. The molecule has 13 nitrogen and oxygen atoms in total. The van der Waals surface area contributed by atoms with Crippen molar-refractivity contribution in [3.63, 3.8) is 0 Å². The highest BCUT2D eigenvalue weighted by Gasteiger charge is 2.50. The van der Waals surface area contributed by atoms with Crippen molar-refractivity contribution in [1.82, 2.24) is 5.32 Å². The Bertz CT molecular complexity index is 890. The molecular formula is C34H66NO12P. The minimum atomic E-state index is -5.21. The smallest absolute Gasteiger partial charge is 0.457 e. The molecular weight excluding hydrogens is 645 g/mol. The molecule has 0 saturated carbocycles. The van der Waals surface area contributed by atoms with Crippen molar-refractivity contribution >= 4 is 19.7 Å². The van der Waals surface area contributed by atoms with Gasteiger partial charge in [0.25, 0.3) is 0 Å². The van der Waals surface area contributed by atoms with E-state index in [2.05, 4.69) is 19.2 Å². The average Bonchev–Trinajstić information content (AvgIpc) is 3.01. The van der Waals surface area contributed by atoms with Gasteiger partial charge in [-0.25, -0.2) is 4.57 Å². The summed E-state index contributed by atoms with van der Waals surface area (Å²) in [7, 11) is -5.21. The van der Waals surface area contributed by atoms with Crippen molar-refractivity contribution in [2.24, 2.45) is 0 Å². The van der Waals surface area contributed by atoms with Gasteiger partial charge in [0.05, 0.1) is 31.7 Å². The van der Waals surface area contributed by atoms with Crippen LogP contribution in [0.25, 0.3) is 0 Å². The van der Waals surface area contributed by atoms with E-state index >= 15 is 0 Å². The van der Waals surface area contributed by atoms with Crippen LogP contribution < -0.4 is 5.32 Å². The first-order valence-electron chi connectivity index (χ1n) is 18.4. The standard InChI is InChI=1S/C34H66NO12P/c1-3-5-7-9-11-13-15-17-19-21-26(37)23-29(39)35-31-33(32(41)28(25-36)45-34(31)47-48(42,43)44)46-30(40)24-27(38)22-20-18-16-14-12-10-8-6-4-2/h26-28,31-34,36-38,41H,3-25H2,1-2H3,(H,35,39)(H2,42,43,44)/t26-,27-,28?,31+,32-,33?,34-/m1/s1. The van der Waals surface area contributed by atoms with Crippen LogP contribution >= 0.6 is 7.82 Å². The number of phosphoric acid groups is 1. The summed E-state index contributed by atoms with van der Waals surface area (Å²) in [4.78, 5) is 44.7. The zero-order valence-corrected chi connectivity index (χ0v) is 30.3. The number of nitrogens with one attached hydrogen (secondary N) is 1.